The van der Waals surface area contributed by atoms with Crippen molar-refractivity contribution in [2.45, 2.75) is 26.8 Å². The fourth-order valence-electron chi connectivity index (χ4n) is 2.98. The van der Waals surface area contributed by atoms with Gasteiger partial charge in [0.1, 0.15) is 0 Å². The van der Waals surface area contributed by atoms with Crippen LogP contribution in [0.15, 0.2) is 42.0 Å². The first kappa shape index (κ1) is 12.2. The number of rotatable bonds is 1. The van der Waals surface area contributed by atoms with Gasteiger partial charge >= 0.3 is 0 Å². The highest BCUT2D eigenvalue weighted by Crippen LogP contribution is 2.31. The van der Waals surface area contributed by atoms with Crippen LogP contribution < -0.4 is 5.73 Å². The van der Waals surface area contributed by atoms with Gasteiger partial charge in [0, 0.05) is 6.54 Å². The van der Waals surface area contributed by atoms with Crippen LogP contribution in [0, 0.1) is 6.92 Å². The van der Waals surface area contributed by atoms with Crippen molar-refractivity contribution in [2.75, 3.05) is 0 Å². The smallest absolute Gasteiger partial charge is 0.0178 e. The molecule has 2 aromatic rings. The van der Waals surface area contributed by atoms with Gasteiger partial charge in [-0.15, -0.1) is 0 Å². The van der Waals surface area contributed by atoms with E-state index in [4.69, 9.17) is 5.73 Å². The predicted octanol–water partition coefficient (Wildman–Crippen LogP) is 4.12. The maximum absolute atomic E-state index is 5.77. The molecule has 3 rings (SSSR count). The van der Waals surface area contributed by atoms with Gasteiger partial charge in [0.2, 0.25) is 0 Å². The summed E-state index contributed by atoms with van der Waals surface area (Å²) in [5.74, 6) is 0. The number of allylic oxidation sites excluding steroid dienone is 3. The van der Waals surface area contributed by atoms with Crippen molar-refractivity contribution < 1.29 is 0 Å². The molecule has 0 amide bonds. The predicted molar refractivity (Wildman–Crippen MR) is 83.1 cm³/mol. The van der Waals surface area contributed by atoms with Crippen LogP contribution in [-0.2, 0) is 13.0 Å². The van der Waals surface area contributed by atoms with E-state index in [0.717, 1.165) is 6.42 Å². The Labute approximate surface area is 114 Å². The minimum atomic E-state index is 0.604. The van der Waals surface area contributed by atoms with Gasteiger partial charge in [-0.25, -0.2) is 0 Å². The van der Waals surface area contributed by atoms with Crippen molar-refractivity contribution in [3.05, 3.63) is 64.2 Å². The van der Waals surface area contributed by atoms with Crippen LogP contribution in [0.1, 0.15) is 29.2 Å². The fourth-order valence-corrected chi connectivity index (χ4v) is 2.98. The molecule has 19 heavy (non-hydrogen) atoms. The summed E-state index contributed by atoms with van der Waals surface area (Å²) in [6.07, 6.45) is 7.59. The average Bonchev–Trinajstić information content (AvgIpc) is 2.58. The molecule has 0 bridgehead atoms. The Morgan fingerprint density at radius 3 is 2.79 bits per heavy atom. The molecule has 1 heteroatoms. The summed E-state index contributed by atoms with van der Waals surface area (Å²) in [5.41, 5.74) is 12.5. The SMILES string of the molecule is CC1=CC=Cc2ccc3cc(CN)cc(C)c3c2C1. The first-order chi connectivity index (χ1) is 9.19. The Bertz CT molecular complexity index is 705. The van der Waals surface area contributed by atoms with E-state index in [-0.39, 0.29) is 0 Å². The molecule has 0 spiro atoms. The lowest BCUT2D eigenvalue weighted by Crippen LogP contribution is -1.99. The first-order valence-corrected chi connectivity index (χ1v) is 6.78. The molecule has 2 N–H and O–H groups in total. The molecule has 0 saturated heterocycles. The fraction of sp³-hybridized carbons (Fsp3) is 0.222. The number of hydrogen-bond donors (Lipinski definition) is 1. The maximum Gasteiger partial charge on any atom is 0.0178 e. The summed E-state index contributed by atoms with van der Waals surface area (Å²) in [5, 5.41) is 2.70. The molecule has 96 valence electrons. The molecular weight excluding hydrogens is 230 g/mol. The van der Waals surface area contributed by atoms with E-state index in [1.165, 1.54) is 38.6 Å². The Kier molecular flexibility index (Phi) is 3.00. The zero-order valence-corrected chi connectivity index (χ0v) is 11.5. The molecule has 0 fully saturated rings. The summed E-state index contributed by atoms with van der Waals surface area (Å²) in [6, 6.07) is 8.87. The molecule has 1 nitrogen and oxygen atoms in total. The summed E-state index contributed by atoms with van der Waals surface area (Å²) in [4.78, 5) is 0. The molecule has 0 aliphatic heterocycles. The highest BCUT2D eigenvalue weighted by Gasteiger charge is 2.11. The molecule has 1 aliphatic rings. The molecule has 0 heterocycles. The molecule has 0 aromatic heterocycles. The van der Waals surface area contributed by atoms with Crippen molar-refractivity contribution in [1.82, 2.24) is 0 Å². The van der Waals surface area contributed by atoms with Gasteiger partial charge in [-0.05, 0) is 59.4 Å². The maximum atomic E-state index is 5.77. The van der Waals surface area contributed by atoms with E-state index in [2.05, 4.69) is 56.3 Å². The van der Waals surface area contributed by atoms with Crippen molar-refractivity contribution in [1.29, 1.82) is 0 Å². The van der Waals surface area contributed by atoms with Crippen molar-refractivity contribution in [3.8, 4) is 0 Å². The lowest BCUT2D eigenvalue weighted by atomic mass is 9.91. The summed E-state index contributed by atoms with van der Waals surface area (Å²) < 4.78 is 0. The van der Waals surface area contributed by atoms with Gasteiger partial charge in [0.25, 0.3) is 0 Å². The third-order valence-corrected chi connectivity index (χ3v) is 3.87. The number of benzene rings is 2. The van der Waals surface area contributed by atoms with Gasteiger partial charge in [-0.3, -0.25) is 0 Å². The topological polar surface area (TPSA) is 26.0 Å². The second-order valence-corrected chi connectivity index (χ2v) is 5.40. The molecule has 2 aromatic carbocycles. The molecule has 0 radical (unpaired) electrons. The standard InChI is InChI=1S/C18H19N/c1-12-4-3-5-15-6-7-16-10-14(11-19)9-13(2)18(16)17(15)8-12/h3-7,9-10H,8,11,19H2,1-2H3. The van der Waals surface area contributed by atoms with Gasteiger partial charge in [-0.1, -0.05) is 42.0 Å². The van der Waals surface area contributed by atoms with Crippen LogP contribution in [0.25, 0.3) is 16.8 Å². The minimum absolute atomic E-state index is 0.604. The Morgan fingerprint density at radius 1 is 1.16 bits per heavy atom. The average molecular weight is 249 g/mol. The van der Waals surface area contributed by atoms with E-state index in [1.807, 2.05) is 0 Å². The van der Waals surface area contributed by atoms with Crippen molar-refractivity contribution in [2.24, 2.45) is 5.73 Å². The summed E-state index contributed by atoms with van der Waals surface area (Å²) in [6.45, 7) is 4.99. The highest BCUT2D eigenvalue weighted by atomic mass is 14.5. The lowest BCUT2D eigenvalue weighted by Gasteiger charge is -2.14. The number of fused-ring (bicyclic) bond motifs is 3. The van der Waals surface area contributed by atoms with E-state index in [9.17, 15) is 0 Å². The Balaban J connectivity index is 2.34. The van der Waals surface area contributed by atoms with Gasteiger partial charge in [0.05, 0.1) is 0 Å². The van der Waals surface area contributed by atoms with Crippen LogP contribution in [0.2, 0.25) is 0 Å². The van der Waals surface area contributed by atoms with Crippen LogP contribution in [0.4, 0.5) is 0 Å². The Morgan fingerprint density at radius 2 is 2.00 bits per heavy atom. The zero-order valence-electron chi connectivity index (χ0n) is 11.5. The number of hydrogen-bond acceptors (Lipinski definition) is 1. The van der Waals surface area contributed by atoms with Gasteiger partial charge < -0.3 is 5.73 Å². The second-order valence-electron chi connectivity index (χ2n) is 5.40. The summed E-state index contributed by atoms with van der Waals surface area (Å²) in [7, 11) is 0. The monoisotopic (exact) mass is 249 g/mol. The minimum Gasteiger partial charge on any atom is -0.326 e. The largest absolute Gasteiger partial charge is 0.326 e. The summed E-state index contributed by atoms with van der Waals surface area (Å²) >= 11 is 0. The van der Waals surface area contributed by atoms with E-state index < -0.39 is 0 Å². The molecule has 1 aliphatic carbocycles. The zero-order chi connectivity index (χ0) is 13.4. The van der Waals surface area contributed by atoms with Gasteiger partial charge in [0.15, 0.2) is 0 Å². The van der Waals surface area contributed by atoms with Crippen LogP contribution >= 0.6 is 0 Å². The third-order valence-electron chi connectivity index (χ3n) is 3.87. The Hall–Kier alpha value is -1.86. The number of aryl methyl sites for hydroxylation is 1. The van der Waals surface area contributed by atoms with Crippen LogP contribution in [-0.4, -0.2) is 0 Å². The second kappa shape index (κ2) is 4.67. The molecule has 0 atom stereocenters. The normalized spacial score (nSPS) is 14.2. The van der Waals surface area contributed by atoms with Gasteiger partial charge in [-0.2, -0.15) is 0 Å². The van der Waals surface area contributed by atoms with Crippen LogP contribution in [0.5, 0.6) is 0 Å². The molecular formula is C18H19N. The van der Waals surface area contributed by atoms with Crippen molar-refractivity contribution in [3.63, 3.8) is 0 Å². The van der Waals surface area contributed by atoms with E-state index in [1.54, 1.807) is 0 Å². The van der Waals surface area contributed by atoms with E-state index in [0.29, 0.717) is 6.54 Å². The van der Waals surface area contributed by atoms with Crippen LogP contribution in [0.3, 0.4) is 0 Å². The number of nitrogens with two attached hydrogens (primary N) is 1. The lowest BCUT2D eigenvalue weighted by molar-refractivity contribution is 1.07. The highest BCUT2D eigenvalue weighted by molar-refractivity contribution is 5.92. The molecule has 0 saturated carbocycles. The third kappa shape index (κ3) is 2.11. The quantitative estimate of drug-likeness (QED) is 0.808. The van der Waals surface area contributed by atoms with Crippen molar-refractivity contribution >= 4 is 16.8 Å². The molecule has 0 unspecified atom stereocenters. The van der Waals surface area contributed by atoms with E-state index >= 15 is 0 Å². The first-order valence-electron chi connectivity index (χ1n) is 6.78.